The Bertz CT molecular complexity index is 972. The molecule has 2 aliphatic heterocycles. The second-order valence-electron chi connectivity index (χ2n) is 8.21. The van der Waals surface area contributed by atoms with Crippen molar-refractivity contribution in [3.05, 3.63) is 69.7 Å². The average Bonchev–Trinajstić information content (AvgIpc) is 3.42. The van der Waals surface area contributed by atoms with E-state index in [-0.39, 0.29) is 24.4 Å². The highest BCUT2D eigenvalue weighted by molar-refractivity contribution is 6.42. The van der Waals surface area contributed by atoms with E-state index in [1.165, 1.54) is 6.07 Å². The lowest BCUT2D eigenvalue weighted by atomic mass is 9.93. The molecule has 2 aromatic carbocycles. The molecule has 2 fully saturated rings. The minimum absolute atomic E-state index is 0.0697. The van der Waals surface area contributed by atoms with Gasteiger partial charge in [-0.2, -0.15) is 0 Å². The van der Waals surface area contributed by atoms with Crippen molar-refractivity contribution < 1.29 is 14.7 Å². The Morgan fingerprint density at radius 3 is 2.61 bits per heavy atom. The van der Waals surface area contributed by atoms with Crippen LogP contribution in [0.2, 0.25) is 10.0 Å². The molecule has 2 atom stereocenters. The van der Waals surface area contributed by atoms with Crippen LogP contribution in [0.15, 0.2) is 48.5 Å². The van der Waals surface area contributed by atoms with Gasteiger partial charge in [0.15, 0.2) is 0 Å². The Labute approximate surface area is 191 Å². The van der Waals surface area contributed by atoms with Crippen molar-refractivity contribution in [2.75, 3.05) is 32.7 Å². The van der Waals surface area contributed by atoms with Crippen LogP contribution in [-0.2, 0) is 10.4 Å². The van der Waals surface area contributed by atoms with Gasteiger partial charge in [-0.05, 0) is 36.6 Å². The Morgan fingerprint density at radius 2 is 1.87 bits per heavy atom. The number of halogens is 2. The highest BCUT2D eigenvalue weighted by Crippen LogP contribution is 2.34. The molecule has 2 aromatic rings. The molecule has 2 unspecified atom stereocenters. The van der Waals surface area contributed by atoms with Crippen LogP contribution in [-0.4, -0.2) is 65.5 Å². The third kappa shape index (κ3) is 4.88. The zero-order chi connectivity index (χ0) is 22.0. The minimum atomic E-state index is -0.841. The van der Waals surface area contributed by atoms with Gasteiger partial charge in [-0.25, -0.2) is 0 Å². The number of amides is 2. The third-order valence-electron chi connectivity index (χ3n) is 6.20. The number of carbonyl (C=O) groups is 2. The van der Waals surface area contributed by atoms with Crippen LogP contribution >= 0.6 is 23.2 Å². The van der Waals surface area contributed by atoms with Crippen LogP contribution in [0.25, 0.3) is 0 Å². The summed E-state index contributed by atoms with van der Waals surface area (Å²) in [4.78, 5) is 28.9. The third-order valence-corrected chi connectivity index (χ3v) is 6.94. The smallest absolute Gasteiger partial charge is 0.251 e. The van der Waals surface area contributed by atoms with Gasteiger partial charge in [0.2, 0.25) is 5.91 Å². The van der Waals surface area contributed by atoms with E-state index in [9.17, 15) is 14.7 Å². The number of hydrogen-bond acceptors (Lipinski definition) is 4. The summed E-state index contributed by atoms with van der Waals surface area (Å²) in [6.07, 6.45) is 1.54. The minimum Gasteiger partial charge on any atom is -0.384 e. The first kappa shape index (κ1) is 22.1. The van der Waals surface area contributed by atoms with Crippen molar-refractivity contribution in [3.8, 4) is 0 Å². The fourth-order valence-electron chi connectivity index (χ4n) is 4.39. The van der Waals surface area contributed by atoms with E-state index in [4.69, 9.17) is 23.2 Å². The summed E-state index contributed by atoms with van der Waals surface area (Å²) in [5.41, 5.74) is 0.458. The highest BCUT2D eigenvalue weighted by Gasteiger charge is 2.42. The van der Waals surface area contributed by atoms with Gasteiger partial charge in [0.1, 0.15) is 5.60 Å². The Balaban J connectivity index is 1.28. The molecule has 2 amide bonds. The Morgan fingerprint density at radius 1 is 1.10 bits per heavy atom. The summed E-state index contributed by atoms with van der Waals surface area (Å²) in [6, 6.07) is 14.6. The molecule has 0 aliphatic carbocycles. The first-order valence-electron chi connectivity index (χ1n) is 10.4. The Hall–Kier alpha value is -2.12. The fraction of sp³-hybridized carbons (Fsp3) is 0.391. The number of β-amino-alcohol motifs (C(OH)–C–C–N with tert-alkyl or cyclic N) is 1. The summed E-state index contributed by atoms with van der Waals surface area (Å²) >= 11 is 11.8. The van der Waals surface area contributed by atoms with E-state index < -0.39 is 5.60 Å². The second kappa shape index (κ2) is 9.17. The van der Waals surface area contributed by atoms with E-state index >= 15 is 0 Å². The van der Waals surface area contributed by atoms with Gasteiger partial charge < -0.3 is 15.3 Å². The van der Waals surface area contributed by atoms with Crippen LogP contribution in [0.1, 0.15) is 28.8 Å². The fourth-order valence-corrected chi connectivity index (χ4v) is 4.69. The molecule has 4 rings (SSSR count). The first-order chi connectivity index (χ1) is 14.9. The molecule has 6 nitrogen and oxygen atoms in total. The maximum absolute atomic E-state index is 12.6. The maximum atomic E-state index is 12.6. The summed E-state index contributed by atoms with van der Waals surface area (Å²) in [5, 5.41) is 14.4. The molecule has 2 aliphatic rings. The molecular formula is C23H25Cl2N3O3. The van der Waals surface area contributed by atoms with Gasteiger partial charge >= 0.3 is 0 Å². The molecule has 0 bridgehead atoms. The monoisotopic (exact) mass is 461 g/mol. The number of nitrogens with zero attached hydrogens (tertiary/aromatic N) is 2. The molecule has 0 aromatic heterocycles. The number of carbonyl (C=O) groups excluding carboxylic acids is 2. The number of benzene rings is 2. The van der Waals surface area contributed by atoms with Crippen LogP contribution in [0.4, 0.5) is 0 Å². The van der Waals surface area contributed by atoms with Crippen LogP contribution < -0.4 is 5.32 Å². The van der Waals surface area contributed by atoms with Crippen LogP contribution in [0, 0.1) is 0 Å². The number of likely N-dealkylation sites (tertiary alicyclic amines) is 2. The predicted molar refractivity (Wildman–Crippen MR) is 120 cm³/mol. The standard InChI is InChI=1S/C23H25Cl2N3O3/c24-19-7-6-16(12-20(19)25)22(30)26-13-21(29)27-10-8-18(14-27)28-11-9-23(31,15-28)17-4-2-1-3-5-17/h1-7,12,18,31H,8-11,13-15H2,(H,26,30). The van der Waals surface area contributed by atoms with E-state index in [0.29, 0.717) is 41.7 Å². The molecule has 0 radical (unpaired) electrons. The summed E-state index contributed by atoms with van der Waals surface area (Å²) in [7, 11) is 0. The topological polar surface area (TPSA) is 72.9 Å². The van der Waals surface area contributed by atoms with E-state index in [1.807, 2.05) is 30.3 Å². The van der Waals surface area contributed by atoms with Crippen molar-refractivity contribution in [1.82, 2.24) is 15.1 Å². The molecular weight excluding hydrogens is 437 g/mol. The summed E-state index contributed by atoms with van der Waals surface area (Å²) < 4.78 is 0. The van der Waals surface area contributed by atoms with Gasteiger partial charge in [-0.1, -0.05) is 53.5 Å². The first-order valence-corrected chi connectivity index (χ1v) is 11.1. The zero-order valence-corrected chi connectivity index (χ0v) is 18.6. The average molecular weight is 462 g/mol. The number of aliphatic hydroxyl groups is 1. The quantitative estimate of drug-likeness (QED) is 0.717. The van der Waals surface area contributed by atoms with E-state index in [0.717, 1.165) is 18.5 Å². The van der Waals surface area contributed by atoms with Gasteiger partial charge in [-0.15, -0.1) is 0 Å². The lowest BCUT2D eigenvalue weighted by Crippen LogP contribution is -2.42. The van der Waals surface area contributed by atoms with Crippen LogP contribution in [0.3, 0.4) is 0 Å². The van der Waals surface area contributed by atoms with Crippen molar-refractivity contribution in [2.24, 2.45) is 0 Å². The molecule has 164 valence electrons. The predicted octanol–water partition coefficient (Wildman–Crippen LogP) is 2.92. The zero-order valence-electron chi connectivity index (χ0n) is 17.1. The largest absolute Gasteiger partial charge is 0.384 e. The van der Waals surface area contributed by atoms with Gasteiger partial charge in [0, 0.05) is 37.8 Å². The molecule has 31 heavy (non-hydrogen) atoms. The van der Waals surface area contributed by atoms with E-state index in [1.54, 1.807) is 17.0 Å². The molecule has 2 heterocycles. The summed E-state index contributed by atoms with van der Waals surface area (Å²) in [5.74, 6) is -0.483. The molecule has 8 heteroatoms. The van der Waals surface area contributed by atoms with Gasteiger partial charge in [0.05, 0.1) is 16.6 Å². The van der Waals surface area contributed by atoms with Crippen LogP contribution in [0.5, 0.6) is 0 Å². The number of rotatable bonds is 5. The van der Waals surface area contributed by atoms with E-state index in [2.05, 4.69) is 10.2 Å². The number of hydrogen-bond donors (Lipinski definition) is 2. The van der Waals surface area contributed by atoms with Crippen molar-refractivity contribution in [3.63, 3.8) is 0 Å². The Kier molecular flexibility index (Phi) is 6.53. The number of nitrogens with one attached hydrogen (secondary N) is 1. The second-order valence-corrected chi connectivity index (χ2v) is 9.03. The lowest BCUT2D eigenvalue weighted by molar-refractivity contribution is -0.129. The van der Waals surface area contributed by atoms with Gasteiger partial charge in [0.25, 0.3) is 5.91 Å². The van der Waals surface area contributed by atoms with Crippen molar-refractivity contribution in [1.29, 1.82) is 0 Å². The van der Waals surface area contributed by atoms with Crippen molar-refractivity contribution in [2.45, 2.75) is 24.5 Å². The normalized spacial score (nSPS) is 23.8. The lowest BCUT2D eigenvalue weighted by Gasteiger charge is -2.27. The van der Waals surface area contributed by atoms with Crippen molar-refractivity contribution >= 4 is 35.0 Å². The molecule has 2 N–H and O–H groups in total. The highest BCUT2D eigenvalue weighted by atomic mass is 35.5. The van der Waals surface area contributed by atoms with Gasteiger partial charge in [-0.3, -0.25) is 14.5 Å². The molecule has 0 spiro atoms. The summed E-state index contributed by atoms with van der Waals surface area (Å²) in [6.45, 7) is 2.54. The maximum Gasteiger partial charge on any atom is 0.251 e. The molecule has 2 saturated heterocycles. The molecule has 0 saturated carbocycles. The SMILES string of the molecule is O=C(NCC(=O)N1CCC(N2CCC(O)(c3ccccc3)C2)C1)c1ccc(Cl)c(Cl)c1.